The molecule has 0 spiro atoms. The fourth-order valence-electron chi connectivity index (χ4n) is 0.645. The van der Waals surface area contributed by atoms with Gasteiger partial charge in [-0.3, -0.25) is 0 Å². The van der Waals surface area contributed by atoms with E-state index in [1.54, 1.807) is 13.0 Å². The van der Waals surface area contributed by atoms with Crippen LogP contribution < -0.4 is 0 Å². The minimum atomic E-state index is -0.837. The van der Waals surface area contributed by atoms with E-state index in [0.717, 1.165) is 19.3 Å². The first-order chi connectivity index (χ1) is 5.18. The molecule has 0 saturated carbocycles. The molecule has 0 aliphatic rings. The van der Waals surface area contributed by atoms with Gasteiger partial charge in [-0.25, -0.2) is 4.79 Å². The van der Waals surface area contributed by atoms with Crippen LogP contribution in [0.3, 0.4) is 0 Å². The highest BCUT2D eigenvalue weighted by molar-refractivity contribution is 6.17. The number of aliphatic carboxylic acids is 1. The topological polar surface area (TPSA) is 37.3 Å². The summed E-state index contributed by atoms with van der Waals surface area (Å²) in [6, 6.07) is 0. The quantitative estimate of drug-likeness (QED) is 0.397. The second-order valence-electron chi connectivity index (χ2n) is 2.38. The Morgan fingerprint density at radius 3 is 2.64 bits per heavy atom. The van der Waals surface area contributed by atoms with Gasteiger partial charge in [-0.05, 0) is 26.2 Å². The van der Waals surface area contributed by atoms with Gasteiger partial charge in [0.1, 0.15) is 0 Å². The van der Waals surface area contributed by atoms with Gasteiger partial charge in [0.2, 0.25) is 0 Å². The molecule has 0 aliphatic heterocycles. The largest absolute Gasteiger partial charge is 0.478 e. The van der Waals surface area contributed by atoms with E-state index in [1.165, 1.54) is 0 Å². The van der Waals surface area contributed by atoms with Crippen LogP contribution in [-0.2, 0) is 4.79 Å². The second kappa shape index (κ2) is 6.23. The molecule has 0 fully saturated rings. The van der Waals surface area contributed by atoms with Crippen molar-refractivity contribution in [3.8, 4) is 0 Å². The molecule has 3 heteroatoms. The normalized spacial score (nSPS) is 11.6. The van der Waals surface area contributed by atoms with Gasteiger partial charge in [0.15, 0.2) is 0 Å². The lowest BCUT2D eigenvalue weighted by Crippen LogP contribution is -1.95. The Morgan fingerprint density at radius 1 is 1.55 bits per heavy atom. The van der Waals surface area contributed by atoms with E-state index >= 15 is 0 Å². The Hall–Kier alpha value is -0.500. The third kappa shape index (κ3) is 5.92. The fraction of sp³-hybridized carbons (Fsp3) is 0.625. The van der Waals surface area contributed by atoms with Gasteiger partial charge < -0.3 is 5.11 Å². The molecular formula is C8H13ClO2. The molecular weight excluding hydrogens is 164 g/mol. The molecule has 0 rings (SSSR count). The van der Waals surface area contributed by atoms with Crippen molar-refractivity contribution in [1.29, 1.82) is 0 Å². The molecule has 0 aromatic carbocycles. The molecule has 0 atom stereocenters. The van der Waals surface area contributed by atoms with Gasteiger partial charge >= 0.3 is 5.97 Å². The summed E-state index contributed by atoms with van der Waals surface area (Å²) in [5.74, 6) is -0.184. The smallest absolute Gasteiger partial charge is 0.330 e. The van der Waals surface area contributed by atoms with Gasteiger partial charge in [-0.15, -0.1) is 11.6 Å². The molecule has 0 saturated heterocycles. The van der Waals surface area contributed by atoms with Crippen LogP contribution in [0.2, 0.25) is 0 Å². The van der Waals surface area contributed by atoms with E-state index in [0.29, 0.717) is 11.5 Å². The first-order valence-corrected chi connectivity index (χ1v) is 4.18. The van der Waals surface area contributed by atoms with Gasteiger partial charge in [0, 0.05) is 11.5 Å². The predicted molar refractivity (Wildman–Crippen MR) is 46.0 cm³/mol. The number of allylic oxidation sites excluding steroid dienone is 1. The first-order valence-electron chi connectivity index (χ1n) is 3.64. The van der Waals surface area contributed by atoms with Crippen molar-refractivity contribution in [3.63, 3.8) is 0 Å². The average molecular weight is 177 g/mol. The molecule has 0 heterocycles. The number of rotatable bonds is 5. The third-order valence-corrected chi connectivity index (χ3v) is 1.64. The van der Waals surface area contributed by atoms with Crippen LogP contribution in [0.25, 0.3) is 0 Å². The molecule has 64 valence electrons. The number of hydrogen-bond donors (Lipinski definition) is 1. The molecule has 0 amide bonds. The Kier molecular flexibility index (Phi) is 5.94. The van der Waals surface area contributed by atoms with Crippen LogP contribution >= 0.6 is 11.6 Å². The molecule has 0 aliphatic carbocycles. The van der Waals surface area contributed by atoms with Crippen LogP contribution in [-0.4, -0.2) is 17.0 Å². The van der Waals surface area contributed by atoms with Gasteiger partial charge in [0.05, 0.1) is 0 Å². The van der Waals surface area contributed by atoms with E-state index < -0.39 is 5.97 Å². The Bertz CT molecular complexity index is 152. The zero-order valence-corrected chi connectivity index (χ0v) is 7.40. The van der Waals surface area contributed by atoms with Crippen molar-refractivity contribution >= 4 is 17.6 Å². The molecule has 1 N–H and O–H groups in total. The summed E-state index contributed by atoms with van der Waals surface area (Å²) in [6.45, 7) is 1.60. The van der Waals surface area contributed by atoms with Gasteiger partial charge in [-0.1, -0.05) is 6.08 Å². The van der Waals surface area contributed by atoms with Crippen molar-refractivity contribution < 1.29 is 9.90 Å². The fourth-order valence-corrected chi connectivity index (χ4v) is 0.834. The van der Waals surface area contributed by atoms with Crippen molar-refractivity contribution in [1.82, 2.24) is 0 Å². The van der Waals surface area contributed by atoms with Crippen LogP contribution in [0.15, 0.2) is 11.6 Å². The Balaban J connectivity index is 3.48. The monoisotopic (exact) mass is 176 g/mol. The van der Waals surface area contributed by atoms with Crippen molar-refractivity contribution in [2.24, 2.45) is 0 Å². The zero-order chi connectivity index (χ0) is 8.69. The summed E-state index contributed by atoms with van der Waals surface area (Å²) in [6.07, 6.45) is 4.46. The number of unbranched alkanes of at least 4 members (excludes halogenated alkanes) is 2. The van der Waals surface area contributed by atoms with Crippen LogP contribution in [0.1, 0.15) is 26.2 Å². The third-order valence-electron chi connectivity index (χ3n) is 1.38. The van der Waals surface area contributed by atoms with Gasteiger partial charge in [-0.2, -0.15) is 0 Å². The van der Waals surface area contributed by atoms with Crippen molar-refractivity contribution in [2.75, 3.05) is 5.88 Å². The van der Waals surface area contributed by atoms with Crippen LogP contribution in [0.5, 0.6) is 0 Å². The molecule has 0 bridgehead atoms. The summed E-state index contributed by atoms with van der Waals surface area (Å²) >= 11 is 5.44. The lowest BCUT2D eigenvalue weighted by molar-refractivity contribution is -0.132. The lowest BCUT2D eigenvalue weighted by Gasteiger charge is -1.93. The SMILES string of the molecule is CC(=CCCCCCl)C(=O)O. The number of halogens is 1. The number of hydrogen-bond acceptors (Lipinski definition) is 1. The molecule has 0 radical (unpaired) electrons. The minimum Gasteiger partial charge on any atom is -0.478 e. The number of carbonyl (C=O) groups is 1. The predicted octanol–water partition coefficient (Wildman–Crippen LogP) is 2.43. The molecule has 0 aromatic rings. The maximum atomic E-state index is 10.3. The average Bonchev–Trinajstić information content (AvgIpc) is 1.97. The zero-order valence-electron chi connectivity index (χ0n) is 6.64. The van der Waals surface area contributed by atoms with E-state index in [1.807, 2.05) is 0 Å². The molecule has 11 heavy (non-hydrogen) atoms. The standard InChI is InChI=1S/C8H13ClO2/c1-7(8(10)11)5-3-2-4-6-9/h5H,2-4,6H2,1H3,(H,10,11). The second-order valence-corrected chi connectivity index (χ2v) is 2.76. The van der Waals surface area contributed by atoms with Crippen molar-refractivity contribution in [2.45, 2.75) is 26.2 Å². The Labute approximate surface area is 71.9 Å². The molecule has 0 aromatic heterocycles. The number of carboxylic acids is 1. The van der Waals surface area contributed by atoms with E-state index in [2.05, 4.69) is 0 Å². The number of alkyl halides is 1. The minimum absolute atomic E-state index is 0.416. The van der Waals surface area contributed by atoms with Crippen LogP contribution in [0, 0.1) is 0 Å². The van der Waals surface area contributed by atoms with Crippen LogP contribution in [0.4, 0.5) is 0 Å². The summed E-state index contributed by atoms with van der Waals surface area (Å²) in [4.78, 5) is 10.3. The maximum absolute atomic E-state index is 10.3. The van der Waals surface area contributed by atoms with E-state index in [4.69, 9.17) is 16.7 Å². The highest BCUT2D eigenvalue weighted by Crippen LogP contribution is 2.01. The Morgan fingerprint density at radius 2 is 2.18 bits per heavy atom. The highest BCUT2D eigenvalue weighted by Gasteiger charge is 1.96. The summed E-state index contributed by atoms with van der Waals surface area (Å²) < 4.78 is 0. The van der Waals surface area contributed by atoms with Crippen molar-refractivity contribution in [3.05, 3.63) is 11.6 Å². The number of carboxylic acid groups (broad SMARTS) is 1. The van der Waals surface area contributed by atoms with Gasteiger partial charge in [0.25, 0.3) is 0 Å². The molecule has 0 unspecified atom stereocenters. The first kappa shape index (κ1) is 10.5. The van der Waals surface area contributed by atoms with E-state index in [-0.39, 0.29) is 0 Å². The highest BCUT2D eigenvalue weighted by atomic mass is 35.5. The van der Waals surface area contributed by atoms with E-state index in [9.17, 15) is 4.79 Å². The maximum Gasteiger partial charge on any atom is 0.330 e. The lowest BCUT2D eigenvalue weighted by atomic mass is 10.2. The summed E-state index contributed by atoms with van der Waals surface area (Å²) in [5, 5.41) is 8.44. The summed E-state index contributed by atoms with van der Waals surface area (Å²) in [5.41, 5.74) is 0.416. The summed E-state index contributed by atoms with van der Waals surface area (Å²) in [7, 11) is 0. The molecule has 2 nitrogen and oxygen atoms in total.